The van der Waals surface area contributed by atoms with Crippen molar-refractivity contribution in [2.45, 2.75) is 32.3 Å². The number of anilines is 1. The van der Waals surface area contributed by atoms with Gasteiger partial charge in [0.05, 0.1) is 5.69 Å². The molecule has 2 heterocycles. The Labute approximate surface area is 140 Å². The standard InChI is InChI=1S/C19H18N4O/c1-19(2,24)8-7-11-3-5-14-13(9-11)16-15(22-14)6-4-12-10-21-18(20)23-17(12)16/h3,5,9-10,22,24H,4,6H2,1-2H3,(H2,20,21,23). The van der Waals surface area contributed by atoms with E-state index in [0.717, 1.165) is 46.1 Å². The Balaban J connectivity index is 1.92. The summed E-state index contributed by atoms with van der Waals surface area (Å²) in [4.78, 5) is 12.1. The number of aryl methyl sites for hydroxylation is 2. The molecule has 0 spiro atoms. The number of aliphatic hydroxyl groups is 1. The van der Waals surface area contributed by atoms with Crippen LogP contribution in [-0.2, 0) is 12.8 Å². The minimum Gasteiger partial charge on any atom is -0.378 e. The predicted molar refractivity (Wildman–Crippen MR) is 94.3 cm³/mol. The quantitative estimate of drug-likeness (QED) is 0.556. The molecule has 120 valence electrons. The van der Waals surface area contributed by atoms with Gasteiger partial charge < -0.3 is 15.8 Å². The Morgan fingerprint density at radius 1 is 1.29 bits per heavy atom. The molecular formula is C19H18N4O. The van der Waals surface area contributed by atoms with Crippen LogP contribution in [0, 0.1) is 11.8 Å². The largest absolute Gasteiger partial charge is 0.378 e. The number of rotatable bonds is 0. The first-order chi connectivity index (χ1) is 11.4. The second-order valence-corrected chi connectivity index (χ2v) is 6.65. The van der Waals surface area contributed by atoms with Crippen LogP contribution in [0.15, 0.2) is 24.4 Å². The number of fused-ring (bicyclic) bond motifs is 5. The first kappa shape index (κ1) is 14.7. The van der Waals surface area contributed by atoms with Crippen molar-refractivity contribution in [2.24, 2.45) is 0 Å². The molecular weight excluding hydrogens is 300 g/mol. The highest BCUT2D eigenvalue weighted by atomic mass is 16.3. The number of H-pyrrole nitrogens is 1. The van der Waals surface area contributed by atoms with Crippen LogP contribution < -0.4 is 5.73 Å². The second-order valence-electron chi connectivity index (χ2n) is 6.65. The van der Waals surface area contributed by atoms with Crippen molar-refractivity contribution in [3.63, 3.8) is 0 Å². The zero-order valence-electron chi connectivity index (χ0n) is 13.6. The number of nitrogens with two attached hydrogens (primary N) is 1. The molecule has 0 unspecified atom stereocenters. The molecule has 0 atom stereocenters. The lowest BCUT2D eigenvalue weighted by atomic mass is 9.93. The average molecular weight is 318 g/mol. The van der Waals surface area contributed by atoms with Gasteiger partial charge >= 0.3 is 0 Å². The molecule has 0 radical (unpaired) electrons. The average Bonchev–Trinajstić information content (AvgIpc) is 2.90. The fourth-order valence-electron chi connectivity index (χ4n) is 3.09. The Kier molecular flexibility index (Phi) is 3.12. The molecule has 4 N–H and O–H groups in total. The van der Waals surface area contributed by atoms with Gasteiger partial charge in [0.1, 0.15) is 5.60 Å². The van der Waals surface area contributed by atoms with Crippen molar-refractivity contribution in [1.29, 1.82) is 0 Å². The summed E-state index contributed by atoms with van der Waals surface area (Å²) in [7, 11) is 0. The summed E-state index contributed by atoms with van der Waals surface area (Å²) >= 11 is 0. The van der Waals surface area contributed by atoms with Crippen molar-refractivity contribution in [2.75, 3.05) is 5.73 Å². The van der Waals surface area contributed by atoms with Crippen molar-refractivity contribution >= 4 is 16.9 Å². The van der Waals surface area contributed by atoms with Gasteiger partial charge in [-0.15, -0.1) is 0 Å². The molecule has 0 aliphatic heterocycles. The van der Waals surface area contributed by atoms with E-state index in [-0.39, 0.29) is 5.95 Å². The highest BCUT2D eigenvalue weighted by Gasteiger charge is 2.23. The van der Waals surface area contributed by atoms with E-state index < -0.39 is 5.60 Å². The minimum absolute atomic E-state index is 0.286. The van der Waals surface area contributed by atoms with Gasteiger partial charge in [-0.2, -0.15) is 0 Å². The van der Waals surface area contributed by atoms with E-state index in [1.165, 1.54) is 5.69 Å². The Morgan fingerprint density at radius 3 is 2.92 bits per heavy atom. The summed E-state index contributed by atoms with van der Waals surface area (Å²) in [5.41, 5.74) is 11.0. The molecule has 5 heteroatoms. The summed E-state index contributed by atoms with van der Waals surface area (Å²) in [5, 5.41) is 10.9. The normalized spacial score (nSPS) is 13.1. The molecule has 1 aliphatic rings. The number of nitrogens with one attached hydrogen (secondary N) is 1. The second kappa shape index (κ2) is 5.08. The number of aromatic nitrogens is 3. The number of nitrogens with zero attached hydrogens (tertiary/aromatic N) is 2. The lowest BCUT2D eigenvalue weighted by Gasteiger charge is -2.15. The van der Waals surface area contributed by atoms with Gasteiger partial charge in [0.25, 0.3) is 0 Å². The first-order valence-electron chi connectivity index (χ1n) is 7.93. The molecule has 1 aromatic carbocycles. The van der Waals surface area contributed by atoms with Gasteiger partial charge in [-0.25, -0.2) is 9.97 Å². The number of hydrogen-bond donors (Lipinski definition) is 3. The van der Waals surface area contributed by atoms with Crippen molar-refractivity contribution in [3.05, 3.63) is 41.2 Å². The maximum atomic E-state index is 9.79. The highest BCUT2D eigenvalue weighted by Crippen LogP contribution is 2.38. The van der Waals surface area contributed by atoms with E-state index in [4.69, 9.17) is 5.73 Å². The van der Waals surface area contributed by atoms with Gasteiger partial charge in [0.15, 0.2) is 0 Å². The van der Waals surface area contributed by atoms with E-state index in [1.54, 1.807) is 13.8 Å². The van der Waals surface area contributed by atoms with E-state index in [1.807, 2.05) is 24.4 Å². The highest BCUT2D eigenvalue weighted by molar-refractivity contribution is 5.98. The smallest absolute Gasteiger partial charge is 0.220 e. The molecule has 0 bridgehead atoms. The Morgan fingerprint density at radius 2 is 2.12 bits per heavy atom. The summed E-state index contributed by atoms with van der Waals surface area (Å²) < 4.78 is 0. The molecule has 0 fully saturated rings. The van der Waals surface area contributed by atoms with Crippen LogP contribution in [-0.4, -0.2) is 25.7 Å². The lowest BCUT2D eigenvalue weighted by Crippen LogP contribution is -2.14. The first-order valence-corrected chi connectivity index (χ1v) is 7.93. The van der Waals surface area contributed by atoms with Crippen LogP contribution in [0.25, 0.3) is 22.2 Å². The summed E-state index contributed by atoms with van der Waals surface area (Å²) in [5.74, 6) is 6.18. The molecule has 0 saturated heterocycles. The molecule has 3 aromatic rings. The molecule has 24 heavy (non-hydrogen) atoms. The Bertz CT molecular complexity index is 1020. The third-order valence-corrected chi connectivity index (χ3v) is 4.15. The minimum atomic E-state index is -1.01. The maximum absolute atomic E-state index is 9.79. The number of benzene rings is 1. The van der Waals surface area contributed by atoms with Crippen LogP contribution in [0.2, 0.25) is 0 Å². The summed E-state index contributed by atoms with van der Waals surface area (Å²) in [6.07, 6.45) is 3.65. The predicted octanol–water partition coefficient (Wildman–Crippen LogP) is 2.43. The summed E-state index contributed by atoms with van der Waals surface area (Å²) in [6, 6.07) is 6.02. The van der Waals surface area contributed by atoms with Gasteiger partial charge in [-0.05, 0) is 50.5 Å². The number of aromatic amines is 1. The van der Waals surface area contributed by atoms with Crippen LogP contribution in [0.5, 0.6) is 0 Å². The van der Waals surface area contributed by atoms with Crippen LogP contribution in [0.3, 0.4) is 0 Å². The van der Waals surface area contributed by atoms with Crippen molar-refractivity contribution in [3.8, 4) is 23.1 Å². The Hall–Kier alpha value is -2.84. The van der Waals surface area contributed by atoms with Gasteiger partial charge in [-0.1, -0.05) is 11.8 Å². The fraction of sp³-hybridized carbons (Fsp3) is 0.263. The number of hydrogen-bond acceptors (Lipinski definition) is 4. The van der Waals surface area contributed by atoms with Gasteiger partial charge in [0.2, 0.25) is 5.95 Å². The third-order valence-electron chi connectivity index (χ3n) is 4.15. The van der Waals surface area contributed by atoms with Gasteiger partial charge in [-0.3, -0.25) is 0 Å². The fourth-order valence-corrected chi connectivity index (χ4v) is 3.09. The lowest BCUT2D eigenvalue weighted by molar-refractivity contribution is 0.143. The third kappa shape index (κ3) is 2.51. The van der Waals surface area contributed by atoms with Crippen molar-refractivity contribution in [1.82, 2.24) is 15.0 Å². The SMILES string of the molecule is CC(C)(O)C#Cc1ccc2[nH]c3c(c2c1)-c1nc(N)ncc1CC3. The monoisotopic (exact) mass is 318 g/mol. The van der Waals surface area contributed by atoms with Crippen LogP contribution >= 0.6 is 0 Å². The van der Waals surface area contributed by atoms with Crippen molar-refractivity contribution < 1.29 is 5.11 Å². The van der Waals surface area contributed by atoms with Crippen LogP contribution in [0.4, 0.5) is 5.95 Å². The summed E-state index contributed by atoms with van der Waals surface area (Å²) in [6.45, 7) is 3.35. The molecule has 5 nitrogen and oxygen atoms in total. The molecule has 4 rings (SSSR count). The van der Waals surface area contributed by atoms with Gasteiger partial charge in [0, 0.05) is 33.9 Å². The molecule has 0 saturated carbocycles. The molecule has 0 amide bonds. The molecule has 1 aliphatic carbocycles. The van der Waals surface area contributed by atoms with E-state index in [2.05, 4.69) is 26.8 Å². The molecule has 2 aromatic heterocycles. The maximum Gasteiger partial charge on any atom is 0.220 e. The zero-order valence-corrected chi connectivity index (χ0v) is 13.6. The number of nitrogen functional groups attached to an aromatic ring is 1. The van der Waals surface area contributed by atoms with Crippen LogP contribution in [0.1, 0.15) is 30.7 Å². The zero-order chi connectivity index (χ0) is 16.9. The topological polar surface area (TPSA) is 87.8 Å². The van der Waals surface area contributed by atoms with E-state index in [0.29, 0.717) is 0 Å². The van der Waals surface area contributed by atoms with E-state index >= 15 is 0 Å². The van der Waals surface area contributed by atoms with E-state index in [9.17, 15) is 5.11 Å².